The van der Waals surface area contributed by atoms with Gasteiger partial charge in [0.2, 0.25) is 17.5 Å². The zero-order valence-electron chi connectivity index (χ0n) is 19.4. The highest BCUT2D eigenvalue weighted by Gasteiger charge is 2.22. The fraction of sp³-hybridized carbons (Fsp3) is 0.360. The highest BCUT2D eigenvalue weighted by Crippen LogP contribution is 2.25. The Kier molecular flexibility index (Phi) is 6.71. The molecule has 0 amide bonds. The summed E-state index contributed by atoms with van der Waals surface area (Å²) in [6, 6.07) is 9.80. The largest absolute Gasteiger partial charge is 0.486 e. The molecule has 1 saturated heterocycles. The molecule has 10 heteroatoms. The maximum Gasteiger partial charge on any atom is 0.301 e. The van der Waals surface area contributed by atoms with Crippen LogP contribution in [0.4, 0.5) is 10.1 Å². The molecule has 4 aromatic rings. The van der Waals surface area contributed by atoms with E-state index in [1.54, 1.807) is 24.4 Å². The average Bonchev–Trinajstić information content (AvgIpc) is 3.35. The predicted octanol–water partition coefficient (Wildman–Crippen LogP) is 3.49. The zero-order chi connectivity index (χ0) is 24.2. The average molecular weight is 480 g/mol. The number of rotatable bonds is 8. The fourth-order valence-corrected chi connectivity index (χ4v) is 3.92. The number of pyridine rings is 1. The van der Waals surface area contributed by atoms with Crippen LogP contribution in [0.25, 0.3) is 17.2 Å². The van der Waals surface area contributed by atoms with E-state index in [1.807, 2.05) is 13.0 Å². The molecule has 1 fully saturated rings. The van der Waals surface area contributed by atoms with Gasteiger partial charge in [0.15, 0.2) is 5.69 Å². The molecular formula is C25H26FN5O4. The van der Waals surface area contributed by atoms with Crippen molar-refractivity contribution in [2.24, 2.45) is 0 Å². The van der Waals surface area contributed by atoms with Gasteiger partial charge in [0, 0.05) is 19.3 Å². The predicted molar refractivity (Wildman–Crippen MR) is 127 cm³/mol. The minimum Gasteiger partial charge on any atom is -0.486 e. The molecule has 0 spiro atoms. The molecule has 0 unspecified atom stereocenters. The van der Waals surface area contributed by atoms with Gasteiger partial charge in [-0.1, -0.05) is 30.6 Å². The third-order valence-corrected chi connectivity index (χ3v) is 5.83. The minimum atomic E-state index is -0.332. The van der Waals surface area contributed by atoms with Crippen LogP contribution < -0.4 is 15.2 Å². The van der Waals surface area contributed by atoms with E-state index >= 15 is 0 Å². The lowest BCUT2D eigenvalue weighted by Crippen LogP contribution is -2.36. The molecule has 4 heterocycles. The van der Waals surface area contributed by atoms with E-state index in [1.165, 1.54) is 16.5 Å². The Hall–Kier alpha value is -3.79. The van der Waals surface area contributed by atoms with Crippen molar-refractivity contribution in [3.05, 3.63) is 70.2 Å². The maximum atomic E-state index is 13.5. The number of ether oxygens (including phenoxy) is 2. The molecule has 0 saturated carbocycles. The Bertz CT molecular complexity index is 1360. The molecule has 9 nitrogen and oxygen atoms in total. The monoisotopic (exact) mass is 479 g/mol. The quantitative estimate of drug-likeness (QED) is 0.355. The molecular weight excluding hydrogens is 453 g/mol. The summed E-state index contributed by atoms with van der Waals surface area (Å²) >= 11 is 0. The van der Waals surface area contributed by atoms with E-state index in [-0.39, 0.29) is 28.6 Å². The number of nitrogens with zero attached hydrogens (tertiary/aromatic N) is 5. The van der Waals surface area contributed by atoms with Crippen LogP contribution >= 0.6 is 0 Å². The highest BCUT2D eigenvalue weighted by molar-refractivity contribution is 5.63. The van der Waals surface area contributed by atoms with Crippen LogP contribution in [-0.4, -0.2) is 52.4 Å². The second-order valence-corrected chi connectivity index (χ2v) is 8.33. The number of aromatic nitrogens is 4. The summed E-state index contributed by atoms with van der Waals surface area (Å²) in [7, 11) is 0. The number of hydrogen-bond donors (Lipinski definition) is 0. The lowest BCUT2D eigenvalue weighted by Gasteiger charge is -2.28. The van der Waals surface area contributed by atoms with Gasteiger partial charge in [-0.3, -0.25) is 9.20 Å². The number of benzene rings is 1. The van der Waals surface area contributed by atoms with Crippen molar-refractivity contribution in [2.45, 2.75) is 26.2 Å². The van der Waals surface area contributed by atoms with Crippen LogP contribution in [0, 0.1) is 5.82 Å². The highest BCUT2D eigenvalue weighted by atomic mass is 19.1. The third-order valence-electron chi connectivity index (χ3n) is 5.83. The van der Waals surface area contributed by atoms with Gasteiger partial charge in [-0.15, -0.1) is 0 Å². The van der Waals surface area contributed by atoms with E-state index in [0.29, 0.717) is 37.8 Å². The standard InChI is InChI=1S/C25H26FN5O4/c1-2-3-12-34-23-22(24-28-21(35-29-24)15-17-4-6-18(26)7-5-17)27-20-9-8-19(16-31(20)25(23)32)30-10-13-33-14-11-30/h4-9,16H,2-3,10-15H2,1H3. The van der Waals surface area contributed by atoms with Crippen LogP contribution in [0.1, 0.15) is 31.2 Å². The van der Waals surface area contributed by atoms with Gasteiger partial charge in [-0.05, 0) is 36.2 Å². The molecule has 0 aliphatic carbocycles. The lowest BCUT2D eigenvalue weighted by atomic mass is 10.1. The second kappa shape index (κ2) is 10.2. The van der Waals surface area contributed by atoms with E-state index in [4.69, 9.17) is 14.0 Å². The number of morpholine rings is 1. The maximum absolute atomic E-state index is 13.5. The molecule has 182 valence electrons. The molecule has 3 aromatic heterocycles. The summed E-state index contributed by atoms with van der Waals surface area (Å²) in [5.74, 6) is 0.275. The summed E-state index contributed by atoms with van der Waals surface area (Å²) in [5.41, 5.74) is 2.09. The summed E-state index contributed by atoms with van der Waals surface area (Å²) in [6.07, 6.45) is 3.82. The van der Waals surface area contributed by atoms with E-state index < -0.39 is 0 Å². The number of halogens is 1. The second-order valence-electron chi connectivity index (χ2n) is 8.33. The van der Waals surface area contributed by atoms with Gasteiger partial charge in [-0.2, -0.15) is 4.98 Å². The van der Waals surface area contributed by atoms with Crippen molar-refractivity contribution in [3.63, 3.8) is 0 Å². The van der Waals surface area contributed by atoms with E-state index in [9.17, 15) is 9.18 Å². The zero-order valence-corrected chi connectivity index (χ0v) is 19.4. The minimum absolute atomic E-state index is 0.0872. The first kappa shape index (κ1) is 23.0. The van der Waals surface area contributed by atoms with Crippen molar-refractivity contribution in [2.75, 3.05) is 37.8 Å². The molecule has 5 rings (SSSR count). The van der Waals surface area contributed by atoms with Gasteiger partial charge < -0.3 is 18.9 Å². The Labute approximate surface area is 201 Å². The number of unbranched alkanes of at least 4 members (excludes halogenated alkanes) is 1. The van der Waals surface area contributed by atoms with Crippen LogP contribution in [-0.2, 0) is 11.2 Å². The lowest BCUT2D eigenvalue weighted by molar-refractivity contribution is 0.122. The van der Waals surface area contributed by atoms with Gasteiger partial charge in [0.05, 0.1) is 31.9 Å². The summed E-state index contributed by atoms with van der Waals surface area (Å²) in [4.78, 5) is 24.8. The molecule has 0 N–H and O–H groups in total. The number of anilines is 1. The molecule has 0 atom stereocenters. The molecule has 35 heavy (non-hydrogen) atoms. The Morgan fingerprint density at radius 1 is 1.09 bits per heavy atom. The first-order valence-electron chi connectivity index (χ1n) is 11.7. The van der Waals surface area contributed by atoms with Crippen LogP contribution in [0.5, 0.6) is 5.75 Å². The van der Waals surface area contributed by atoms with Gasteiger partial charge in [-0.25, -0.2) is 9.37 Å². The van der Waals surface area contributed by atoms with Gasteiger partial charge >= 0.3 is 5.56 Å². The van der Waals surface area contributed by atoms with Gasteiger partial charge in [0.25, 0.3) is 0 Å². The Balaban J connectivity index is 1.52. The normalized spacial score (nSPS) is 13.9. The van der Waals surface area contributed by atoms with E-state index in [0.717, 1.165) is 37.2 Å². The molecule has 1 aliphatic heterocycles. The SMILES string of the molecule is CCCCOc1c(-c2noc(Cc3ccc(F)cc3)n2)nc2ccc(N3CCOCC3)cn2c1=O. The van der Waals surface area contributed by atoms with Crippen molar-refractivity contribution in [3.8, 4) is 17.3 Å². The van der Waals surface area contributed by atoms with Gasteiger partial charge in [0.1, 0.15) is 11.5 Å². The summed E-state index contributed by atoms with van der Waals surface area (Å²) < 4.78 is 31.4. The first-order chi connectivity index (χ1) is 17.1. The van der Waals surface area contributed by atoms with E-state index in [2.05, 4.69) is 20.0 Å². The molecule has 1 aliphatic rings. The molecule has 0 bridgehead atoms. The topological polar surface area (TPSA) is 95.0 Å². The van der Waals surface area contributed by atoms with Crippen molar-refractivity contribution < 1.29 is 18.4 Å². The first-order valence-corrected chi connectivity index (χ1v) is 11.7. The molecule has 0 radical (unpaired) electrons. The number of hydrogen-bond acceptors (Lipinski definition) is 8. The van der Waals surface area contributed by atoms with Crippen LogP contribution in [0.15, 0.2) is 51.9 Å². The third kappa shape index (κ3) is 5.02. The number of fused-ring (bicyclic) bond motifs is 1. The summed E-state index contributed by atoms with van der Waals surface area (Å²) in [6.45, 7) is 5.22. The van der Waals surface area contributed by atoms with Crippen LogP contribution in [0.2, 0.25) is 0 Å². The van der Waals surface area contributed by atoms with Crippen molar-refractivity contribution in [1.29, 1.82) is 0 Å². The van der Waals surface area contributed by atoms with Crippen molar-refractivity contribution >= 4 is 11.3 Å². The fourth-order valence-electron chi connectivity index (χ4n) is 3.92. The van der Waals surface area contributed by atoms with Crippen LogP contribution in [0.3, 0.4) is 0 Å². The van der Waals surface area contributed by atoms with Crippen molar-refractivity contribution in [1.82, 2.24) is 19.5 Å². The Morgan fingerprint density at radius 3 is 2.66 bits per heavy atom. The molecule has 1 aromatic carbocycles. The summed E-state index contributed by atoms with van der Waals surface area (Å²) in [5, 5.41) is 4.06. The Morgan fingerprint density at radius 2 is 1.89 bits per heavy atom. The smallest absolute Gasteiger partial charge is 0.301 e.